The number of ether oxygens (including phenoxy) is 1. The van der Waals surface area contributed by atoms with Crippen molar-refractivity contribution in [3.8, 4) is 5.75 Å². The molecule has 0 heterocycles. The lowest BCUT2D eigenvalue weighted by Crippen LogP contribution is -2.02. The maximum absolute atomic E-state index is 13.2. The second-order valence-electron chi connectivity index (χ2n) is 5.69. The second-order valence-corrected chi connectivity index (χ2v) is 6.10. The summed E-state index contributed by atoms with van der Waals surface area (Å²) in [4.78, 5) is 0. The standard InChI is InChI=1S/C19H21ClF2O/c1-3-13(4-2)9-14-6-8-19(16(20)10-14)23-12-15-5-7-17(21)18(22)11-15/h5-8,10-11,13H,3-4,9,12H2,1-2H3. The Hall–Kier alpha value is -1.61. The van der Waals surface area contributed by atoms with Gasteiger partial charge in [0.15, 0.2) is 11.6 Å². The van der Waals surface area contributed by atoms with Gasteiger partial charge in [0.05, 0.1) is 5.02 Å². The zero-order valence-corrected chi connectivity index (χ0v) is 14.2. The zero-order valence-electron chi connectivity index (χ0n) is 13.4. The lowest BCUT2D eigenvalue weighted by atomic mass is 9.95. The predicted molar refractivity (Wildman–Crippen MR) is 89.9 cm³/mol. The molecule has 23 heavy (non-hydrogen) atoms. The van der Waals surface area contributed by atoms with Gasteiger partial charge in [-0.25, -0.2) is 8.78 Å². The van der Waals surface area contributed by atoms with Crippen LogP contribution in [0.5, 0.6) is 5.75 Å². The van der Waals surface area contributed by atoms with E-state index in [1.54, 1.807) is 0 Å². The van der Waals surface area contributed by atoms with E-state index >= 15 is 0 Å². The Morgan fingerprint density at radius 3 is 2.26 bits per heavy atom. The summed E-state index contributed by atoms with van der Waals surface area (Å²) in [5.74, 6) is -0.542. The highest BCUT2D eigenvalue weighted by Gasteiger charge is 2.09. The molecule has 1 nitrogen and oxygen atoms in total. The summed E-state index contributed by atoms with van der Waals surface area (Å²) >= 11 is 6.26. The van der Waals surface area contributed by atoms with Gasteiger partial charge in [0.25, 0.3) is 0 Å². The molecular weight excluding hydrogens is 318 g/mol. The summed E-state index contributed by atoms with van der Waals surface area (Å²) in [5, 5.41) is 0.538. The molecule has 0 spiro atoms. The molecule has 0 unspecified atom stereocenters. The fourth-order valence-corrected chi connectivity index (χ4v) is 2.75. The van der Waals surface area contributed by atoms with Crippen LogP contribution < -0.4 is 4.74 Å². The van der Waals surface area contributed by atoms with E-state index in [2.05, 4.69) is 13.8 Å². The van der Waals surface area contributed by atoms with Gasteiger partial charge < -0.3 is 4.74 Å². The third kappa shape index (κ3) is 4.93. The molecule has 4 heteroatoms. The van der Waals surface area contributed by atoms with Crippen molar-refractivity contribution < 1.29 is 13.5 Å². The van der Waals surface area contributed by atoms with Crippen LogP contribution in [0.4, 0.5) is 8.78 Å². The largest absolute Gasteiger partial charge is 0.487 e. The number of hydrogen-bond donors (Lipinski definition) is 0. The van der Waals surface area contributed by atoms with E-state index in [9.17, 15) is 8.78 Å². The normalized spacial score (nSPS) is 11.0. The van der Waals surface area contributed by atoms with Gasteiger partial charge in [0.1, 0.15) is 12.4 Å². The number of hydrogen-bond acceptors (Lipinski definition) is 1. The van der Waals surface area contributed by atoms with Crippen LogP contribution in [0.1, 0.15) is 37.8 Å². The first kappa shape index (κ1) is 17.7. The SMILES string of the molecule is CCC(CC)Cc1ccc(OCc2ccc(F)c(F)c2)c(Cl)c1. The summed E-state index contributed by atoms with van der Waals surface area (Å²) in [6, 6.07) is 9.47. The summed E-state index contributed by atoms with van der Waals surface area (Å²) in [7, 11) is 0. The molecule has 2 aromatic carbocycles. The Bertz CT molecular complexity index is 654. The molecule has 0 N–H and O–H groups in total. The monoisotopic (exact) mass is 338 g/mol. The van der Waals surface area contributed by atoms with E-state index in [-0.39, 0.29) is 6.61 Å². The molecule has 0 radical (unpaired) electrons. The molecule has 0 atom stereocenters. The Balaban J connectivity index is 2.01. The van der Waals surface area contributed by atoms with E-state index in [4.69, 9.17) is 16.3 Å². The van der Waals surface area contributed by atoms with Crippen molar-refractivity contribution in [1.29, 1.82) is 0 Å². The maximum Gasteiger partial charge on any atom is 0.159 e. The van der Waals surface area contributed by atoms with Crippen LogP contribution in [0.2, 0.25) is 5.02 Å². The highest BCUT2D eigenvalue weighted by molar-refractivity contribution is 6.32. The molecule has 0 amide bonds. The van der Waals surface area contributed by atoms with Crippen molar-refractivity contribution in [1.82, 2.24) is 0 Å². The predicted octanol–water partition coefficient (Wildman–Crippen LogP) is 6.18. The summed E-state index contributed by atoms with van der Waals surface area (Å²) in [5.41, 5.74) is 1.74. The van der Waals surface area contributed by atoms with Crippen LogP contribution in [0.3, 0.4) is 0 Å². The molecule has 124 valence electrons. The van der Waals surface area contributed by atoms with Crippen LogP contribution in [0.15, 0.2) is 36.4 Å². The van der Waals surface area contributed by atoms with E-state index in [0.717, 1.165) is 31.4 Å². The number of benzene rings is 2. The average Bonchev–Trinajstić information content (AvgIpc) is 2.55. The Kier molecular flexibility index (Phi) is 6.40. The first-order valence-electron chi connectivity index (χ1n) is 7.88. The molecule has 0 aromatic heterocycles. The summed E-state index contributed by atoms with van der Waals surface area (Å²) in [6.45, 7) is 4.52. The van der Waals surface area contributed by atoms with Gasteiger partial charge in [-0.3, -0.25) is 0 Å². The molecule has 0 aliphatic heterocycles. The van der Waals surface area contributed by atoms with Gasteiger partial charge in [0, 0.05) is 0 Å². The van der Waals surface area contributed by atoms with Crippen molar-refractivity contribution in [3.63, 3.8) is 0 Å². The minimum absolute atomic E-state index is 0.142. The van der Waals surface area contributed by atoms with Crippen molar-refractivity contribution >= 4 is 11.6 Å². The van der Waals surface area contributed by atoms with Crippen LogP contribution >= 0.6 is 11.6 Å². The van der Waals surface area contributed by atoms with Gasteiger partial charge in [-0.1, -0.05) is 50.4 Å². The third-order valence-corrected chi connectivity index (χ3v) is 4.35. The lowest BCUT2D eigenvalue weighted by molar-refractivity contribution is 0.305. The second kappa shape index (κ2) is 8.30. The van der Waals surface area contributed by atoms with Gasteiger partial charge in [0.2, 0.25) is 0 Å². The minimum Gasteiger partial charge on any atom is -0.487 e. The molecule has 2 rings (SSSR count). The summed E-state index contributed by atoms with van der Waals surface area (Å²) in [6.07, 6.45) is 3.28. The zero-order chi connectivity index (χ0) is 16.8. The van der Waals surface area contributed by atoms with Crippen LogP contribution in [-0.4, -0.2) is 0 Å². The molecule has 0 aliphatic carbocycles. The molecule has 0 fully saturated rings. The van der Waals surface area contributed by atoms with Crippen LogP contribution in [0.25, 0.3) is 0 Å². The Morgan fingerprint density at radius 2 is 1.65 bits per heavy atom. The lowest BCUT2D eigenvalue weighted by Gasteiger charge is -2.14. The quantitative estimate of drug-likeness (QED) is 0.586. The summed E-state index contributed by atoms with van der Waals surface area (Å²) < 4.78 is 31.7. The third-order valence-electron chi connectivity index (χ3n) is 4.05. The smallest absolute Gasteiger partial charge is 0.159 e. The van der Waals surface area contributed by atoms with Crippen molar-refractivity contribution in [2.45, 2.75) is 39.7 Å². The Labute approximate surface area is 141 Å². The van der Waals surface area contributed by atoms with Crippen LogP contribution in [0, 0.1) is 17.6 Å². The fourth-order valence-electron chi connectivity index (χ4n) is 2.49. The topological polar surface area (TPSA) is 9.23 Å². The van der Waals surface area contributed by atoms with Gasteiger partial charge >= 0.3 is 0 Å². The highest BCUT2D eigenvalue weighted by Crippen LogP contribution is 2.28. The van der Waals surface area contributed by atoms with Crippen molar-refractivity contribution in [3.05, 3.63) is 64.2 Å². The first-order chi connectivity index (χ1) is 11.0. The fraction of sp³-hybridized carbons (Fsp3) is 0.368. The molecular formula is C19H21ClF2O. The van der Waals surface area contributed by atoms with Crippen LogP contribution in [-0.2, 0) is 13.0 Å². The van der Waals surface area contributed by atoms with E-state index in [1.807, 2.05) is 18.2 Å². The molecule has 0 aliphatic rings. The highest BCUT2D eigenvalue weighted by atomic mass is 35.5. The van der Waals surface area contributed by atoms with Gasteiger partial charge in [-0.15, -0.1) is 0 Å². The first-order valence-corrected chi connectivity index (χ1v) is 8.26. The van der Waals surface area contributed by atoms with E-state index < -0.39 is 11.6 Å². The number of halogens is 3. The molecule has 0 bridgehead atoms. The van der Waals surface area contributed by atoms with E-state index in [0.29, 0.717) is 22.3 Å². The maximum atomic E-state index is 13.2. The molecule has 0 saturated heterocycles. The molecule has 0 saturated carbocycles. The number of rotatable bonds is 7. The van der Waals surface area contributed by atoms with Gasteiger partial charge in [-0.05, 0) is 47.7 Å². The van der Waals surface area contributed by atoms with Crippen molar-refractivity contribution in [2.24, 2.45) is 5.92 Å². The minimum atomic E-state index is -0.877. The van der Waals surface area contributed by atoms with Gasteiger partial charge in [-0.2, -0.15) is 0 Å². The Morgan fingerprint density at radius 1 is 0.957 bits per heavy atom. The van der Waals surface area contributed by atoms with Crippen molar-refractivity contribution in [2.75, 3.05) is 0 Å². The molecule has 2 aromatic rings. The average molecular weight is 339 g/mol. The van der Waals surface area contributed by atoms with E-state index in [1.165, 1.54) is 11.6 Å².